The number of amides is 2. The number of anilines is 1. The lowest BCUT2D eigenvalue weighted by Crippen LogP contribution is -2.20. The molecule has 0 aliphatic rings. The van der Waals surface area contributed by atoms with Crippen molar-refractivity contribution in [1.29, 1.82) is 0 Å². The first kappa shape index (κ1) is 13.1. The maximum Gasteiger partial charge on any atom is 0.251 e. The van der Waals surface area contributed by atoms with Crippen LogP contribution in [0.2, 0.25) is 0 Å². The lowest BCUT2D eigenvalue weighted by molar-refractivity contribution is -0.118. The smallest absolute Gasteiger partial charge is 0.251 e. The predicted octanol–water partition coefficient (Wildman–Crippen LogP) is 1.66. The molecule has 6 heteroatoms. The zero-order chi connectivity index (χ0) is 13.2. The number of hydrogen-bond acceptors (Lipinski definition) is 2. The summed E-state index contributed by atoms with van der Waals surface area (Å²) < 4.78 is 26.4. The summed E-state index contributed by atoms with van der Waals surface area (Å²) in [5, 5.41) is 2.24. The van der Waals surface area contributed by atoms with Gasteiger partial charge in [0.25, 0.3) is 5.91 Å². The third kappa shape index (κ3) is 2.99. The molecule has 92 valence electrons. The van der Waals surface area contributed by atoms with Crippen molar-refractivity contribution in [2.75, 3.05) is 5.32 Å². The van der Waals surface area contributed by atoms with E-state index < -0.39 is 29.0 Å². The molecule has 0 aromatic heterocycles. The fourth-order valence-corrected chi connectivity index (χ4v) is 1.11. The number of nitrogens with one attached hydrogen (secondary N) is 1. The summed E-state index contributed by atoms with van der Waals surface area (Å²) in [7, 11) is 0. The van der Waals surface area contributed by atoms with E-state index in [1.54, 1.807) is 13.8 Å². The van der Waals surface area contributed by atoms with Crippen LogP contribution in [0.1, 0.15) is 24.2 Å². The van der Waals surface area contributed by atoms with Crippen molar-refractivity contribution in [3.63, 3.8) is 0 Å². The van der Waals surface area contributed by atoms with Gasteiger partial charge in [-0.05, 0) is 6.07 Å². The minimum Gasteiger partial charge on any atom is -0.366 e. The van der Waals surface area contributed by atoms with Gasteiger partial charge in [-0.2, -0.15) is 0 Å². The van der Waals surface area contributed by atoms with Gasteiger partial charge >= 0.3 is 0 Å². The Hall–Kier alpha value is -1.98. The molecule has 1 aromatic carbocycles. The second kappa shape index (κ2) is 4.90. The molecule has 0 saturated carbocycles. The standard InChI is InChI=1S/C11H12F2N2O2/c1-5(2)11(17)15-9-3-6(10(14)16)7(12)4-8(9)13/h3-5H,1-2H3,(H2,14,16)(H,15,17). The fourth-order valence-electron chi connectivity index (χ4n) is 1.11. The molecule has 0 unspecified atom stereocenters. The van der Waals surface area contributed by atoms with Crippen molar-refractivity contribution in [2.45, 2.75) is 13.8 Å². The first-order valence-electron chi connectivity index (χ1n) is 4.92. The van der Waals surface area contributed by atoms with Crippen LogP contribution in [0.25, 0.3) is 0 Å². The third-order valence-electron chi connectivity index (χ3n) is 2.10. The van der Waals surface area contributed by atoms with Gasteiger partial charge in [0.15, 0.2) is 0 Å². The lowest BCUT2D eigenvalue weighted by Gasteiger charge is -2.10. The fraction of sp³-hybridized carbons (Fsp3) is 0.273. The zero-order valence-corrected chi connectivity index (χ0v) is 9.38. The Morgan fingerprint density at radius 2 is 1.82 bits per heavy atom. The number of nitrogens with two attached hydrogens (primary N) is 1. The summed E-state index contributed by atoms with van der Waals surface area (Å²) in [5.74, 6) is -3.84. The molecule has 0 heterocycles. The van der Waals surface area contributed by atoms with Gasteiger partial charge in [-0.25, -0.2) is 8.78 Å². The van der Waals surface area contributed by atoms with Crippen LogP contribution in [-0.2, 0) is 4.79 Å². The summed E-state index contributed by atoms with van der Waals surface area (Å²) in [6.07, 6.45) is 0. The monoisotopic (exact) mass is 242 g/mol. The van der Waals surface area contributed by atoms with E-state index in [9.17, 15) is 18.4 Å². The van der Waals surface area contributed by atoms with Crippen LogP contribution in [0.5, 0.6) is 0 Å². The van der Waals surface area contributed by atoms with E-state index in [-0.39, 0.29) is 11.6 Å². The Labute approximate surface area is 96.8 Å². The second-order valence-electron chi connectivity index (χ2n) is 3.82. The number of primary amides is 1. The van der Waals surface area contributed by atoms with E-state index in [0.29, 0.717) is 6.07 Å². The third-order valence-corrected chi connectivity index (χ3v) is 2.10. The lowest BCUT2D eigenvalue weighted by atomic mass is 10.1. The van der Waals surface area contributed by atoms with Crippen molar-refractivity contribution in [3.05, 3.63) is 29.3 Å². The molecule has 0 atom stereocenters. The van der Waals surface area contributed by atoms with Crippen molar-refractivity contribution < 1.29 is 18.4 Å². The molecular formula is C11H12F2N2O2. The van der Waals surface area contributed by atoms with Gasteiger partial charge in [0, 0.05) is 12.0 Å². The van der Waals surface area contributed by atoms with E-state index >= 15 is 0 Å². The largest absolute Gasteiger partial charge is 0.366 e. The van der Waals surface area contributed by atoms with Crippen LogP contribution < -0.4 is 11.1 Å². The van der Waals surface area contributed by atoms with Gasteiger partial charge in [0.2, 0.25) is 5.91 Å². The highest BCUT2D eigenvalue weighted by Crippen LogP contribution is 2.19. The van der Waals surface area contributed by atoms with Gasteiger partial charge in [-0.15, -0.1) is 0 Å². The first-order chi connectivity index (χ1) is 7.82. The maximum atomic E-state index is 13.3. The minimum absolute atomic E-state index is 0.265. The van der Waals surface area contributed by atoms with Crippen LogP contribution in [-0.4, -0.2) is 11.8 Å². The average molecular weight is 242 g/mol. The SMILES string of the molecule is CC(C)C(=O)Nc1cc(C(N)=O)c(F)cc1F. The Morgan fingerprint density at radius 3 is 2.29 bits per heavy atom. The van der Waals surface area contributed by atoms with Crippen LogP contribution in [0.15, 0.2) is 12.1 Å². The van der Waals surface area contributed by atoms with E-state index in [1.807, 2.05) is 0 Å². The summed E-state index contributed by atoms with van der Waals surface area (Å²) >= 11 is 0. The molecule has 3 N–H and O–H groups in total. The molecule has 1 aromatic rings. The Balaban J connectivity index is 3.12. The molecule has 0 spiro atoms. The quantitative estimate of drug-likeness (QED) is 0.846. The minimum atomic E-state index is -1.06. The summed E-state index contributed by atoms with van der Waals surface area (Å²) in [6, 6.07) is 1.39. The average Bonchev–Trinajstić information content (AvgIpc) is 2.21. The number of rotatable bonds is 3. The Morgan fingerprint density at radius 1 is 1.24 bits per heavy atom. The highest BCUT2D eigenvalue weighted by Gasteiger charge is 2.16. The Bertz CT molecular complexity index is 473. The van der Waals surface area contributed by atoms with E-state index in [2.05, 4.69) is 5.32 Å². The van der Waals surface area contributed by atoms with E-state index in [0.717, 1.165) is 6.07 Å². The molecule has 0 fully saturated rings. The molecule has 0 aliphatic heterocycles. The van der Waals surface area contributed by atoms with Crippen molar-refractivity contribution >= 4 is 17.5 Å². The van der Waals surface area contributed by atoms with Crippen LogP contribution in [0.3, 0.4) is 0 Å². The zero-order valence-electron chi connectivity index (χ0n) is 9.38. The number of carbonyl (C=O) groups is 2. The highest BCUT2D eigenvalue weighted by atomic mass is 19.1. The van der Waals surface area contributed by atoms with E-state index in [1.165, 1.54) is 0 Å². The van der Waals surface area contributed by atoms with Crippen molar-refractivity contribution in [3.8, 4) is 0 Å². The first-order valence-corrected chi connectivity index (χ1v) is 4.92. The van der Waals surface area contributed by atoms with Gasteiger partial charge in [0.05, 0.1) is 11.3 Å². The maximum absolute atomic E-state index is 13.3. The molecule has 0 radical (unpaired) electrons. The molecular weight excluding hydrogens is 230 g/mol. The number of halogens is 2. The van der Waals surface area contributed by atoms with Gasteiger partial charge in [-0.3, -0.25) is 9.59 Å². The van der Waals surface area contributed by atoms with Gasteiger partial charge in [0.1, 0.15) is 11.6 Å². The van der Waals surface area contributed by atoms with Crippen LogP contribution in [0.4, 0.5) is 14.5 Å². The topological polar surface area (TPSA) is 72.2 Å². The predicted molar refractivity (Wildman–Crippen MR) is 58.3 cm³/mol. The molecule has 2 amide bonds. The summed E-state index contributed by atoms with van der Waals surface area (Å²) in [6.45, 7) is 3.23. The van der Waals surface area contributed by atoms with Crippen molar-refractivity contribution in [2.24, 2.45) is 11.7 Å². The molecule has 17 heavy (non-hydrogen) atoms. The van der Waals surface area contributed by atoms with Crippen molar-refractivity contribution in [1.82, 2.24) is 0 Å². The highest BCUT2D eigenvalue weighted by molar-refractivity contribution is 5.97. The summed E-state index contributed by atoms with van der Waals surface area (Å²) in [4.78, 5) is 22.2. The molecule has 0 bridgehead atoms. The Kier molecular flexibility index (Phi) is 3.77. The molecule has 0 aliphatic carbocycles. The molecule has 4 nitrogen and oxygen atoms in total. The molecule has 1 rings (SSSR count). The van der Waals surface area contributed by atoms with Gasteiger partial charge < -0.3 is 11.1 Å². The van der Waals surface area contributed by atoms with Gasteiger partial charge in [-0.1, -0.05) is 13.8 Å². The molecule has 0 saturated heterocycles. The second-order valence-corrected chi connectivity index (χ2v) is 3.82. The normalized spacial score (nSPS) is 10.4. The number of carbonyl (C=O) groups excluding carboxylic acids is 2. The van der Waals surface area contributed by atoms with Crippen LogP contribution >= 0.6 is 0 Å². The van der Waals surface area contributed by atoms with Crippen LogP contribution in [0, 0.1) is 17.6 Å². The summed E-state index contributed by atoms with van der Waals surface area (Å²) in [5.41, 5.74) is 4.18. The van der Waals surface area contributed by atoms with E-state index in [4.69, 9.17) is 5.73 Å². The number of benzene rings is 1. The number of hydrogen-bond donors (Lipinski definition) is 2.